The number of furan rings is 1. The Hall–Kier alpha value is -2.47. The predicted octanol–water partition coefficient (Wildman–Crippen LogP) is 2.60. The molecule has 1 saturated heterocycles. The van der Waals surface area contributed by atoms with E-state index in [1.807, 2.05) is 6.92 Å². The van der Waals surface area contributed by atoms with Gasteiger partial charge in [0.15, 0.2) is 12.4 Å². The molecule has 0 atom stereocenters. The molecule has 3 rings (SSSR count). The molecule has 6 nitrogen and oxygen atoms in total. The van der Waals surface area contributed by atoms with Crippen LogP contribution in [0.4, 0.5) is 0 Å². The van der Waals surface area contributed by atoms with Crippen molar-refractivity contribution in [1.82, 2.24) is 9.80 Å². The lowest BCUT2D eigenvalue weighted by atomic mass is 10.2. The van der Waals surface area contributed by atoms with Crippen LogP contribution in [0.2, 0.25) is 5.02 Å². The summed E-state index contributed by atoms with van der Waals surface area (Å²) in [6.07, 6.45) is 1.48. The van der Waals surface area contributed by atoms with Crippen LogP contribution in [0, 0.1) is 6.92 Å². The third kappa shape index (κ3) is 4.14. The van der Waals surface area contributed by atoms with Gasteiger partial charge in [0.1, 0.15) is 5.75 Å². The quantitative estimate of drug-likeness (QED) is 0.838. The van der Waals surface area contributed by atoms with Gasteiger partial charge in [0, 0.05) is 31.2 Å². The van der Waals surface area contributed by atoms with E-state index in [-0.39, 0.29) is 18.4 Å². The molecule has 1 fully saturated rings. The lowest BCUT2D eigenvalue weighted by Gasteiger charge is -2.34. The van der Waals surface area contributed by atoms with E-state index in [1.54, 1.807) is 40.1 Å². The molecule has 2 aromatic rings. The number of rotatable bonds is 4. The second-order valence-electron chi connectivity index (χ2n) is 5.85. The third-order valence-electron chi connectivity index (χ3n) is 4.14. The predicted molar refractivity (Wildman–Crippen MR) is 92.9 cm³/mol. The number of ether oxygens (including phenoxy) is 1. The van der Waals surface area contributed by atoms with E-state index >= 15 is 0 Å². The number of carbonyl (C=O) groups is 2. The summed E-state index contributed by atoms with van der Waals surface area (Å²) in [7, 11) is 0. The largest absolute Gasteiger partial charge is 0.483 e. The fraction of sp³-hybridized carbons (Fsp3) is 0.333. The van der Waals surface area contributed by atoms with E-state index in [0.29, 0.717) is 42.7 Å². The summed E-state index contributed by atoms with van der Waals surface area (Å²) < 4.78 is 10.7. The molecule has 0 radical (unpaired) electrons. The highest BCUT2D eigenvalue weighted by atomic mass is 35.5. The first kappa shape index (κ1) is 17.4. The summed E-state index contributed by atoms with van der Waals surface area (Å²) in [4.78, 5) is 27.9. The molecular weight excluding hydrogens is 344 g/mol. The molecule has 7 heteroatoms. The normalized spacial score (nSPS) is 14.5. The van der Waals surface area contributed by atoms with Crippen LogP contribution >= 0.6 is 11.6 Å². The summed E-state index contributed by atoms with van der Waals surface area (Å²) in [5, 5.41) is 0.633. The molecule has 25 heavy (non-hydrogen) atoms. The molecule has 1 aromatic heterocycles. The van der Waals surface area contributed by atoms with Crippen LogP contribution < -0.4 is 4.74 Å². The van der Waals surface area contributed by atoms with Gasteiger partial charge in [-0.2, -0.15) is 0 Å². The van der Waals surface area contributed by atoms with Crippen molar-refractivity contribution >= 4 is 23.4 Å². The fourth-order valence-electron chi connectivity index (χ4n) is 2.72. The number of halogens is 1. The van der Waals surface area contributed by atoms with E-state index in [4.69, 9.17) is 20.8 Å². The highest BCUT2D eigenvalue weighted by Crippen LogP contribution is 2.21. The maximum Gasteiger partial charge on any atom is 0.289 e. The van der Waals surface area contributed by atoms with Crippen molar-refractivity contribution in [2.75, 3.05) is 32.8 Å². The summed E-state index contributed by atoms with van der Waals surface area (Å²) in [5.41, 5.74) is 0.883. The van der Waals surface area contributed by atoms with Gasteiger partial charge in [-0.15, -0.1) is 0 Å². The first-order valence-electron chi connectivity index (χ1n) is 8.04. The maximum absolute atomic E-state index is 12.3. The second kappa shape index (κ2) is 7.61. The molecule has 0 unspecified atom stereocenters. The van der Waals surface area contributed by atoms with Gasteiger partial charge >= 0.3 is 0 Å². The van der Waals surface area contributed by atoms with E-state index < -0.39 is 0 Å². The third-order valence-corrected chi connectivity index (χ3v) is 4.37. The molecule has 1 aliphatic rings. The van der Waals surface area contributed by atoms with E-state index in [1.165, 1.54) is 6.26 Å². The maximum atomic E-state index is 12.3. The summed E-state index contributed by atoms with van der Waals surface area (Å²) in [6.45, 7) is 3.76. The summed E-state index contributed by atoms with van der Waals surface area (Å²) >= 11 is 5.91. The Morgan fingerprint density at radius 3 is 2.52 bits per heavy atom. The molecule has 0 spiro atoms. The number of hydrogen-bond acceptors (Lipinski definition) is 4. The monoisotopic (exact) mass is 362 g/mol. The van der Waals surface area contributed by atoms with Crippen LogP contribution in [0.15, 0.2) is 41.0 Å². The Balaban J connectivity index is 1.49. The highest BCUT2D eigenvalue weighted by molar-refractivity contribution is 6.30. The minimum Gasteiger partial charge on any atom is -0.483 e. The molecule has 0 N–H and O–H groups in total. The van der Waals surface area contributed by atoms with Crippen molar-refractivity contribution in [1.29, 1.82) is 0 Å². The summed E-state index contributed by atoms with van der Waals surface area (Å²) in [6, 6.07) is 8.60. The minimum absolute atomic E-state index is 0.0331. The van der Waals surface area contributed by atoms with Crippen molar-refractivity contribution in [3.8, 4) is 5.75 Å². The molecule has 0 saturated carbocycles. The van der Waals surface area contributed by atoms with Crippen molar-refractivity contribution in [2.24, 2.45) is 0 Å². The van der Waals surface area contributed by atoms with E-state index in [9.17, 15) is 9.59 Å². The van der Waals surface area contributed by atoms with Gasteiger partial charge in [0.05, 0.1) is 6.26 Å². The number of aryl methyl sites for hydroxylation is 1. The lowest BCUT2D eigenvalue weighted by molar-refractivity contribution is -0.134. The average molecular weight is 363 g/mol. The second-order valence-corrected chi connectivity index (χ2v) is 6.29. The molecule has 2 amide bonds. The van der Waals surface area contributed by atoms with Crippen LogP contribution in [-0.4, -0.2) is 54.4 Å². The van der Waals surface area contributed by atoms with E-state index in [2.05, 4.69) is 0 Å². The van der Waals surface area contributed by atoms with Gasteiger partial charge in [-0.1, -0.05) is 11.6 Å². The molecule has 132 valence electrons. The Morgan fingerprint density at radius 1 is 1.16 bits per heavy atom. The standard InChI is InChI=1S/C18H19ClN2O4/c1-13-11-14(19)4-5-15(13)25-12-17(22)20-6-8-21(9-7-20)18(23)16-3-2-10-24-16/h2-5,10-11H,6-9,12H2,1H3. The average Bonchev–Trinajstić information content (AvgIpc) is 3.15. The lowest BCUT2D eigenvalue weighted by Crippen LogP contribution is -2.51. The van der Waals surface area contributed by atoms with Crippen LogP contribution in [0.5, 0.6) is 5.75 Å². The van der Waals surface area contributed by atoms with Gasteiger partial charge in [0.2, 0.25) is 0 Å². The first-order valence-corrected chi connectivity index (χ1v) is 8.42. The number of benzene rings is 1. The van der Waals surface area contributed by atoms with Gasteiger partial charge < -0.3 is 19.0 Å². The molecular formula is C18H19ClN2O4. The molecule has 0 aliphatic carbocycles. The minimum atomic E-state index is -0.148. The zero-order chi connectivity index (χ0) is 17.8. The van der Waals surface area contributed by atoms with E-state index in [0.717, 1.165) is 5.56 Å². The topological polar surface area (TPSA) is 63.0 Å². The summed E-state index contributed by atoms with van der Waals surface area (Å²) in [5.74, 6) is 0.718. The Morgan fingerprint density at radius 2 is 1.88 bits per heavy atom. The van der Waals surface area contributed by atoms with Gasteiger partial charge in [-0.3, -0.25) is 9.59 Å². The van der Waals surface area contributed by atoms with Crippen molar-refractivity contribution < 1.29 is 18.7 Å². The highest BCUT2D eigenvalue weighted by Gasteiger charge is 2.26. The van der Waals surface area contributed by atoms with Crippen molar-refractivity contribution in [3.05, 3.63) is 52.9 Å². The molecule has 1 aliphatic heterocycles. The molecule has 0 bridgehead atoms. The fourth-order valence-corrected chi connectivity index (χ4v) is 2.95. The number of amides is 2. The number of hydrogen-bond donors (Lipinski definition) is 0. The van der Waals surface area contributed by atoms with Crippen molar-refractivity contribution in [2.45, 2.75) is 6.92 Å². The Bertz CT molecular complexity index is 752. The van der Waals surface area contributed by atoms with Crippen LogP contribution in [0.25, 0.3) is 0 Å². The SMILES string of the molecule is Cc1cc(Cl)ccc1OCC(=O)N1CCN(C(=O)c2ccco2)CC1. The Labute approximate surface area is 150 Å². The smallest absolute Gasteiger partial charge is 0.289 e. The first-order chi connectivity index (χ1) is 12.0. The zero-order valence-corrected chi connectivity index (χ0v) is 14.7. The Kier molecular flexibility index (Phi) is 5.28. The number of piperazine rings is 1. The van der Waals surface area contributed by atoms with Crippen LogP contribution in [-0.2, 0) is 4.79 Å². The number of carbonyl (C=O) groups excluding carboxylic acids is 2. The molecule has 1 aromatic carbocycles. The van der Waals surface area contributed by atoms with Crippen LogP contribution in [0.3, 0.4) is 0 Å². The molecule has 2 heterocycles. The van der Waals surface area contributed by atoms with Gasteiger partial charge in [-0.25, -0.2) is 0 Å². The van der Waals surface area contributed by atoms with Gasteiger partial charge in [0.25, 0.3) is 11.8 Å². The number of nitrogens with zero attached hydrogens (tertiary/aromatic N) is 2. The van der Waals surface area contributed by atoms with Crippen molar-refractivity contribution in [3.63, 3.8) is 0 Å². The zero-order valence-electron chi connectivity index (χ0n) is 13.9. The van der Waals surface area contributed by atoms with Crippen LogP contribution in [0.1, 0.15) is 16.1 Å². The van der Waals surface area contributed by atoms with Gasteiger partial charge in [-0.05, 0) is 42.8 Å².